The van der Waals surface area contributed by atoms with Crippen LogP contribution in [0.5, 0.6) is 0 Å². The van der Waals surface area contributed by atoms with Gasteiger partial charge in [-0.15, -0.1) is 0 Å². The molecule has 0 aromatic rings. The van der Waals surface area contributed by atoms with Gasteiger partial charge in [0.25, 0.3) is 0 Å². The van der Waals surface area contributed by atoms with E-state index in [0.29, 0.717) is 12.8 Å². The van der Waals surface area contributed by atoms with Crippen molar-refractivity contribution in [1.29, 1.82) is 0 Å². The molecule has 0 aromatic carbocycles. The van der Waals surface area contributed by atoms with E-state index < -0.39 is 24.2 Å². The summed E-state index contributed by atoms with van der Waals surface area (Å²) in [5, 5.41) is 2.35. The quantitative estimate of drug-likeness (QED) is 0.781. The highest BCUT2D eigenvalue weighted by Gasteiger charge is 2.47. The Hall–Kier alpha value is -0.780. The van der Waals surface area contributed by atoms with Crippen LogP contribution in [0.1, 0.15) is 32.6 Å². The Morgan fingerprint density at radius 2 is 2.18 bits per heavy atom. The fourth-order valence-electron chi connectivity index (χ4n) is 2.38. The highest BCUT2D eigenvalue weighted by atomic mass is 19.4. The topological polar surface area (TPSA) is 38.3 Å². The highest BCUT2D eigenvalue weighted by molar-refractivity contribution is 5.81. The van der Waals surface area contributed by atoms with Crippen LogP contribution in [0.2, 0.25) is 0 Å². The van der Waals surface area contributed by atoms with Gasteiger partial charge in [0.05, 0.1) is 13.7 Å². The molecule has 100 valence electrons. The smallest absolute Gasteiger partial charge is 0.401 e. The predicted octanol–water partition coefficient (Wildman–Crippen LogP) is 2.26. The van der Waals surface area contributed by atoms with Crippen molar-refractivity contribution in [3.8, 4) is 0 Å². The standard InChI is InChI=1S/C11H18F3NO2/c1-3-8-4-5-10(6-8,9(16)17-2)15-7-11(12,13)14/h8,15H,3-7H2,1-2H3. The zero-order valence-electron chi connectivity index (χ0n) is 10.1. The van der Waals surface area contributed by atoms with Crippen molar-refractivity contribution >= 4 is 5.97 Å². The summed E-state index contributed by atoms with van der Waals surface area (Å²) >= 11 is 0. The molecule has 1 fully saturated rings. The van der Waals surface area contributed by atoms with Crippen molar-refractivity contribution in [2.75, 3.05) is 13.7 Å². The van der Waals surface area contributed by atoms with Gasteiger partial charge in [0.1, 0.15) is 5.54 Å². The monoisotopic (exact) mass is 253 g/mol. The average Bonchev–Trinajstić information content (AvgIpc) is 2.69. The molecule has 1 rings (SSSR count). The molecule has 0 heterocycles. The van der Waals surface area contributed by atoms with E-state index in [1.54, 1.807) is 0 Å². The van der Waals surface area contributed by atoms with Crippen LogP contribution in [-0.2, 0) is 9.53 Å². The van der Waals surface area contributed by atoms with Crippen LogP contribution in [0.3, 0.4) is 0 Å². The normalized spacial score (nSPS) is 29.4. The summed E-state index contributed by atoms with van der Waals surface area (Å²) in [6.45, 7) is 0.820. The zero-order chi connectivity index (χ0) is 13.1. The third kappa shape index (κ3) is 3.59. The van der Waals surface area contributed by atoms with Crippen molar-refractivity contribution in [2.24, 2.45) is 5.92 Å². The van der Waals surface area contributed by atoms with Gasteiger partial charge in [-0.2, -0.15) is 13.2 Å². The fourth-order valence-corrected chi connectivity index (χ4v) is 2.38. The van der Waals surface area contributed by atoms with Gasteiger partial charge in [-0.3, -0.25) is 10.1 Å². The lowest BCUT2D eigenvalue weighted by Crippen LogP contribution is -2.53. The number of alkyl halides is 3. The highest BCUT2D eigenvalue weighted by Crippen LogP contribution is 2.37. The Balaban J connectivity index is 2.71. The fraction of sp³-hybridized carbons (Fsp3) is 0.909. The van der Waals surface area contributed by atoms with Crippen molar-refractivity contribution in [3.63, 3.8) is 0 Å². The first-order chi connectivity index (χ1) is 7.83. The van der Waals surface area contributed by atoms with Gasteiger partial charge in [0.15, 0.2) is 0 Å². The maximum absolute atomic E-state index is 12.2. The van der Waals surface area contributed by atoms with Crippen LogP contribution in [0.25, 0.3) is 0 Å². The molecular weight excluding hydrogens is 235 g/mol. The molecular formula is C11H18F3NO2. The first kappa shape index (κ1) is 14.3. The molecule has 0 bridgehead atoms. The third-order valence-corrected chi connectivity index (χ3v) is 3.40. The molecule has 0 saturated heterocycles. The Labute approximate surface area is 98.7 Å². The van der Waals surface area contributed by atoms with E-state index in [1.165, 1.54) is 7.11 Å². The molecule has 1 aliphatic carbocycles. The summed E-state index contributed by atoms with van der Waals surface area (Å²) in [5.41, 5.74) is -1.15. The van der Waals surface area contributed by atoms with Gasteiger partial charge >= 0.3 is 12.1 Å². The third-order valence-electron chi connectivity index (χ3n) is 3.40. The number of carbonyl (C=O) groups excluding carboxylic acids is 1. The van der Waals surface area contributed by atoms with Crippen LogP contribution < -0.4 is 5.32 Å². The average molecular weight is 253 g/mol. The summed E-state index contributed by atoms with van der Waals surface area (Å²) in [7, 11) is 1.21. The van der Waals surface area contributed by atoms with Gasteiger partial charge in [-0.1, -0.05) is 13.3 Å². The molecule has 17 heavy (non-hydrogen) atoms. The number of hydrogen-bond donors (Lipinski definition) is 1. The minimum atomic E-state index is -4.31. The second-order valence-corrected chi connectivity index (χ2v) is 4.56. The van der Waals surface area contributed by atoms with Gasteiger partial charge in [0.2, 0.25) is 0 Å². The van der Waals surface area contributed by atoms with Crippen molar-refractivity contribution in [1.82, 2.24) is 5.32 Å². The predicted molar refractivity (Wildman–Crippen MR) is 56.4 cm³/mol. The molecule has 0 aromatic heterocycles. The number of ether oxygens (including phenoxy) is 1. The number of rotatable bonds is 4. The van der Waals surface area contributed by atoms with Crippen molar-refractivity contribution in [2.45, 2.75) is 44.3 Å². The van der Waals surface area contributed by atoms with Crippen molar-refractivity contribution in [3.05, 3.63) is 0 Å². The minimum absolute atomic E-state index is 0.287. The van der Waals surface area contributed by atoms with Gasteiger partial charge < -0.3 is 4.74 Å². The Morgan fingerprint density at radius 3 is 2.59 bits per heavy atom. The van der Waals surface area contributed by atoms with Crippen LogP contribution in [0.4, 0.5) is 13.2 Å². The van der Waals surface area contributed by atoms with Crippen LogP contribution in [-0.4, -0.2) is 31.3 Å². The first-order valence-corrected chi connectivity index (χ1v) is 5.73. The molecule has 0 radical (unpaired) electrons. The molecule has 2 atom stereocenters. The number of halogens is 3. The minimum Gasteiger partial charge on any atom is -0.468 e. The number of methoxy groups -OCH3 is 1. The molecule has 1 saturated carbocycles. The van der Waals surface area contributed by atoms with E-state index >= 15 is 0 Å². The van der Waals surface area contributed by atoms with E-state index in [9.17, 15) is 18.0 Å². The largest absolute Gasteiger partial charge is 0.468 e. The molecule has 0 aliphatic heterocycles. The summed E-state index contributed by atoms with van der Waals surface area (Å²) in [4.78, 5) is 11.7. The summed E-state index contributed by atoms with van der Waals surface area (Å²) in [5.74, 6) is -0.299. The number of nitrogens with one attached hydrogen (secondary N) is 1. The molecule has 6 heteroatoms. The van der Waals surface area contributed by atoms with E-state index in [1.807, 2.05) is 6.92 Å². The molecule has 1 aliphatic rings. The van der Waals surface area contributed by atoms with Gasteiger partial charge in [-0.05, 0) is 25.2 Å². The lowest BCUT2D eigenvalue weighted by atomic mass is 9.95. The SMILES string of the molecule is CCC1CCC(NCC(F)(F)F)(C(=O)OC)C1. The van der Waals surface area contributed by atoms with Crippen LogP contribution in [0, 0.1) is 5.92 Å². The molecule has 1 N–H and O–H groups in total. The maximum Gasteiger partial charge on any atom is 0.401 e. The maximum atomic E-state index is 12.2. The van der Waals surface area contributed by atoms with E-state index in [4.69, 9.17) is 0 Å². The summed E-state index contributed by atoms with van der Waals surface area (Å²) in [6.07, 6.45) is -1.85. The van der Waals surface area contributed by atoms with Gasteiger partial charge in [-0.25, -0.2) is 0 Å². The second-order valence-electron chi connectivity index (χ2n) is 4.56. The van der Waals surface area contributed by atoms with E-state index in [2.05, 4.69) is 10.1 Å². The lowest BCUT2D eigenvalue weighted by molar-refractivity contribution is -0.153. The second kappa shape index (κ2) is 5.25. The van der Waals surface area contributed by atoms with E-state index in [-0.39, 0.29) is 5.92 Å². The van der Waals surface area contributed by atoms with Gasteiger partial charge in [0, 0.05) is 0 Å². The lowest BCUT2D eigenvalue weighted by Gasteiger charge is -2.28. The molecule has 0 spiro atoms. The van der Waals surface area contributed by atoms with E-state index in [0.717, 1.165) is 12.8 Å². The molecule has 0 amide bonds. The molecule has 2 unspecified atom stereocenters. The first-order valence-electron chi connectivity index (χ1n) is 5.73. The summed E-state index contributed by atoms with van der Waals surface area (Å²) in [6, 6.07) is 0. The Bertz CT molecular complexity index is 280. The molecule has 3 nitrogen and oxygen atoms in total. The van der Waals surface area contributed by atoms with Crippen LogP contribution >= 0.6 is 0 Å². The number of esters is 1. The van der Waals surface area contributed by atoms with Crippen LogP contribution in [0.15, 0.2) is 0 Å². The Morgan fingerprint density at radius 1 is 1.53 bits per heavy atom. The summed E-state index contributed by atoms with van der Waals surface area (Å²) < 4.78 is 41.3. The number of hydrogen-bond acceptors (Lipinski definition) is 3. The van der Waals surface area contributed by atoms with Crippen molar-refractivity contribution < 1.29 is 22.7 Å². The Kier molecular flexibility index (Phi) is 4.41. The number of carbonyl (C=O) groups is 1. The zero-order valence-corrected chi connectivity index (χ0v) is 10.1.